The molecule has 0 aromatic heterocycles. The molecule has 3 nitrogen and oxygen atoms in total. The first kappa shape index (κ1) is 10.4. The Morgan fingerprint density at radius 3 is 2.69 bits per heavy atom. The number of rotatable bonds is 4. The lowest BCUT2D eigenvalue weighted by atomic mass is 9.86. The number of nitrogens with two attached hydrogens (primary N) is 1. The van der Waals surface area contributed by atoms with E-state index >= 15 is 0 Å². The normalized spacial score (nSPS) is 29.6. The molecular formula is C10H20N2O. The minimum Gasteiger partial charge on any atom is -0.463 e. The maximum atomic E-state index is 5.53. The van der Waals surface area contributed by atoms with E-state index in [1.54, 1.807) is 0 Å². The summed E-state index contributed by atoms with van der Waals surface area (Å²) in [7, 11) is 0. The van der Waals surface area contributed by atoms with Crippen LogP contribution in [-0.4, -0.2) is 18.2 Å². The van der Waals surface area contributed by atoms with Crippen LogP contribution in [0.4, 0.5) is 0 Å². The molecule has 0 radical (unpaired) electrons. The van der Waals surface area contributed by atoms with Crippen LogP contribution in [0.15, 0.2) is 4.99 Å². The number of ether oxygens (including phenoxy) is 1. The first-order valence-corrected chi connectivity index (χ1v) is 5.10. The number of nitrogens with zero attached hydrogens (tertiary/aromatic N) is 1. The van der Waals surface area contributed by atoms with Gasteiger partial charge in [0, 0.05) is 0 Å². The SMILES string of the molecule is CCC(C)CC1(CC)COC(N)=N1. The molecule has 0 saturated carbocycles. The topological polar surface area (TPSA) is 47.6 Å². The Morgan fingerprint density at radius 1 is 1.62 bits per heavy atom. The maximum absolute atomic E-state index is 5.53. The van der Waals surface area contributed by atoms with E-state index < -0.39 is 0 Å². The second-order valence-electron chi connectivity index (χ2n) is 4.03. The lowest BCUT2D eigenvalue weighted by Gasteiger charge is -2.25. The highest BCUT2D eigenvalue weighted by molar-refractivity contribution is 5.73. The Morgan fingerprint density at radius 2 is 2.31 bits per heavy atom. The fourth-order valence-corrected chi connectivity index (χ4v) is 1.73. The minimum atomic E-state index is -0.0283. The van der Waals surface area contributed by atoms with Crippen molar-refractivity contribution >= 4 is 6.02 Å². The summed E-state index contributed by atoms with van der Waals surface area (Å²) in [5, 5.41) is 0. The Labute approximate surface area is 80.4 Å². The molecule has 1 aliphatic rings. The van der Waals surface area contributed by atoms with Crippen molar-refractivity contribution in [3.8, 4) is 0 Å². The molecule has 0 amide bonds. The standard InChI is InChI=1S/C10H20N2O/c1-4-8(3)6-10(5-2)7-13-9(11)12-10/h8H,4-7H2,1-3H3,(H2,11,12). The predicted molar refractivity (Wildman–Crippen MR) is 54.7 cm³/mol. The van der Waals surface area contributed by atoms with Gasteiger partial charge >= 0.3 is 0 Å². The van der Waals surface area contributed by atoms with Gasteiger partial charge in [-0.15, -0.1) is 0 Å². The van der Waals surface area contributed by atoms with Gasteiger partial charge in [-0.05, 0) is 18.8 Å². The predicted octanol–water partition coefficient (Wildman–Crippen LogP) is 1.92. The van der Waals surface area contributed by atoms with Gasteiger partial charge in [-0.1, -0.05) is 27.2 Å². The van der Waals surface area contributed by atoms with E-state index in [1.807, 2.05) is 0 Å². The summed E-state index contributed by atoms with van der Waals surface area (Å²) in [5.41, 5.74) is 5.50. The van der Waals surface area contributed by atoms with Gasteiger partial charge in [0.05, 0.1) is 0 Å². The zero-order chi connectivity index (χ0) is 9.90. The molecule has 2 N–H and O–H groups in total. The second-order valence-corrected chi connectivity index (χ2v) is 4.03. The monoisotopic (exact) mass is 184 g/mol. The largest absolute Gasteiger partial charge is 0.463 e. The summed E-state index contributed by atoms with van der Waals surface area (Å²) in [6, 6.07) is 0.366. The molecule has 0 saturated heterocycles. The lowest BCUT2D eigenvalue weighted by Crippen LogP contribution is -2.29. The Hall–Kier alpha value is -0.730. The third-order valence-corrected chi connectivity index (χ3v) is 2.92. The van der Waals surface area contributed by atoms with Gasteiger partial charge in [0.2, 0.25) is 0 Å². The van der Waals surface area contributed by atoms with Gasteiger partial charge in [-0.2, -0.15) is 0 Å². The van der Waals surface area contributed by atoms with Gasteiger partial charge in [0.25, 0.3) is 6.02 Å². The minimum absolute atomic E-state index is 0.0283. The van der Waals surface area contributed by atoms with Crippen LogP contribution in [0, 0.1) is 5.92 Å². The van der Waals surface area contributed by atoms with Gasteiger partial charge in [-0.25, -0.2) is 4.99 Å². The second kappa shape index (κ2) is 3.99. The van der Waals surface area contributed by atoms with Gasteiger partial charge in [-0.3, -0.25) is 0 Å². The van der Waals surface area contributed by atoms with Crippen molar-refractivity contribution in [2.75, 3.05) is 6.61 Å². The van der Waals surface area contributed by atoms with Crippen molar-refractivity contribution in [2.45, 2.75) is 45.6 Å². The van der Waals surface area contributed by atoms with Crippen LogP contribution in [-0.2, 0) is 4.74 Å². The highest BCUT2D eigenvalue weighted by Crippen LogP contribution is 2.30. The zero-order valence-electron chi connectivity index (χ0n) is 8.84. The van der Waals surface area contributed by atoms with E-state index in [9.17, 15) is 0 Å². The molecular weight excluding hydrogens is 164 g/mol. The van der Waals surface area contributed by atoms with Crippen LogP contribution in [0.3, 0.4) is 0 Å². The summed E-state index contributed by atoms with van der Waals surface area (Å²) < 4.78 is 5.23. The number of amidine groups is 1. The van der Waals surface area contributed by atoms with E-state index in [0.29, 0.717) is 18.5 Å². The molecule has 2 atom stereocenters. The van der Waals surface area contributed by atoms with Crippen LogP contribution in [0.25, 0.3) is 0 Å². The van der Waals surface area contributed by atoms with Crippen LogP contribution in [0.2, 0.25) is 0 Å². The van der Waals surface area contributed by atoms with Crippen LogP contribution in [0.1, 0.15) is 40.0 Å². The molecule has 1 rings (SSSR count). The first-order chi connectivity index (χ1) is 6.12. The molecule has 13 heavy (non-hydrogen) atoms. The summed E-state index contributed by atoms with van der Waals surface area (Å²) >= 11 is 0. The Balaban J connectivity index is 2.61. The van der Waals surface area contributed by atoms with E-state index in [1.165, 1.54) is 6.42 Å². The molecule has 0 aromatic carbocycles. The van der Waals surface area contributed by atoms with E-state index in [0.717, 1.165) is 12.8 Å². The highest BCUT2D eigenvalue weighted by Gasteiger charge is 2.35. The number of hydrogen-bond donors (Lipinski definition) is 1. The van der Waals surface area contributed by atoms with Crippen LogP contribution >= 0.6 is 0 Å². The van der Waals surface area contributed by atoms with E-state index in [4.69, 9.17) is 10.5 Å². The molecule has 0 fully saturated rings. The van der Waals surface area contributed by atoms with Gasteiger partial charge in [0.15, 0.2) is 0 Å². The summed E-state index contributed by atoms with van der Waals surface area (Å²) in [5.74, 6) is 0.693. The van der Waals surface area contributed by atoms with Crippen LogP contribution < -0.4 is 5.73 Å². The maximum Gasteiger partial charge on any atom is 0.282 e. The molecule has 0 aliphatic carbocycles. The number of hydrogen-bond acceptors (Lipinski definition) is 3. The average Bonchev–Trinajstić information content (AvgIpc) is 2.48. The van der Waals surface area contributed by atoms with Gasteiger partial charge in [0.1, 0.15) is 12.1 Å². The quantitative estimate of drug-likeness (QED) is 0.725. The van der Waals surface area contributed by atoms with Crippen LogP contribution in [0.5, 0.6) is 0 Å². The average molecular weight is 184 g/mol. The van der Waals surface area contributed by atoms with Crippen molar-refractivity contribution in [3.63, 3.8) is 0 Å². The molecule has 0 spiro atoms. The van der Waals surface area contributed by atoms with Crippen molar-refractivity contribution in [1.29, 1.82) is 0 Å². The third-order valence-electron chi connectivity index (χ3n) is 2.92. The first-order valence-electron chi connectivity index (χ1n) is 5.10. The Kier molecular flexibility index (Phi) is 3.17. The molecule has 0 aromatic rings. The molecule has 1 aliphatic heterocycles. The fraction of sp³-hybridized carbons (Fsp3) is 0.900. The van der Waals surface area contributed by atoms with E-state index in [2.05, 4.69) is 25.8 Å². The van der Waals surface area contributed by atoms with E-state index in [-0.39, 0.29) is 5.54 Å². The fourth-order valence-electron chi connectivity index (χ4n) is 1.73. The molecule has 76 valence electrons. The lowest BCUT2D eigenvalue weighted by molar-refractivity contribution is 0.216. The molecule has 1 heterocycles. The molecule has 2 unspecified atom stereocenters. The smallest absolute Gasteiger partial charge is 0.282 e. The summed E-state index contributed by atoms with van der Waals surface area (Å²) in [6.07, 6.45) is 3.29. The van der Waals surface area contributed by atoms with Crippen molar-refractivity contribution in [2.24, 2.45) is 16.6 Å². The highest BCUT2D eigenvalue weighted by atomic mass is 16.5. The molecule has 0 bridgehead atoms. The van der Waals surface area contributed by atoms with Crippen molar-refractivity contribution in [3.05, 3.63) is 0 Å². The molecule has 3 heteroatoms. The zero-order valence-corrected chi connectivity index (χ0v) is 8.84. The summed E-state index contributed by atoms with van der Waals surface area (Å²) in [6.45, 7) is 7.27. The van der Waals surface area contributed by atoms with Gasteiger partial charge < -0.3 is 10.5 Å². The van der Waals surface area contributed by atoms with Crippen molar-refractivity contribution in [1.82, 2.24) is 0 Å². The number of aliphatic imine (C=N–C) groups is 1. The third kappa shape index (κ3) is 2.36. The van der Waals surface area contributed by atoms with Crippen molar-refractivity contribution < 1.29 is 4.74 Å². The summed E-state index contributed by atoms with van der Waals surface area (Å²) in [4.78, 5) is 4.40. The Bertz CT molecular complexity index is 203.